The van der Waals surface area contributed by atoms with E-state index in [1.54, 1.807) is 7.11 Å². The molecule has 0 saturated carbocycles. The second kappa shape index (κ2) is 8.55. The Labute approximate surface area is 178 Å². The molecule has 0 saturated heterocycles. The van der Waals surface area contributed by atoms with Crippen LogP contribution in [0.2, 0.25) is 0 Å². The van der Waals surface area contributed by atoms with Gasteiger partial charge in [-0.25, -0.2) is 4.99 Å². The van der Waals surface area contributed by atoms with Crippen molar-refractivity contribution in [1.29, 1.82) is 5.26 Å². The lowest BCUT2D eigenvalue weighted by atomic mass is 9.82. The Morgan fingerprint density at radius 2 is 1.94 bits per heavy atom. The van der Waals surface area contributed by atoms with Crippen molar-refractivity contribution in [2.24, 2.45) is 4.99 Å². The first-order valence-electron chi connectivity index (χ1n) is 9.51. The number of aromatic amines is 1. The van der Waals surface area contributed by atoms with E-state index in [0.29, 0.717) is 17.1 Å². The summed E-state index contributed by atoms with van der Waals surface area (Å²) in [6, 6.07) is 19.5. The number of hydrogen-bond donors (Lipinski definition) is 2. The lowest BCUT2D eigenvalue weighted by molar-refractivity contribution is -0.132. The first kappa shape index (κ1) is 19.9. The van der Waals surface area contributed by atoms with Gasteiger partial charge in [-0.2, -0.15) is 10.4 Å². The molecule has 0 radical (unpaired) electrons. The molecule has 154 valence electrons. The molecule has 2 aromatic carbocycles. The normalized spacial score (nSPS) is 15.2. The maximum atomic E-state index is 11.1. The van der Waals surface area contributed by atoms with Crippen LogP contribution in [0.25, 0.3) is 11.3 Å². The van der Waals surface area contributed by atoms with Gasteiger partial charge in [0.2, 0.25) is 0 Å². The van der Waals surface area contributed by atoms with Crippen LogP contribution in [0.4, 0.5) is 5.82 Å². The second-order valence-corrected chi connectivity index (χ2v) is 6.78. The quantitative estimate of drug-likeness (QED) is 0.372. The Balaban J connectivity index is 1.89. The molecule has 2 heterocycles. The minimum absolute atomic E-state index is 0.267. The number of esters is 1. The van der Waals surface area contributed by atoms with Gasteiger partial charge in [-0.3, -0.25) is 9.89 Å². The van der Waals surface area contributed by atoms with E-state index in [-0.39, 0.29) is 5.82 Å². The molecule has 31 heavy (non-hydrogen) atoms. The van der Waals surface area contributed by atoms with Gasteiger partial charge in [0.1, 0.15) is 11.6 Å². The standard InChI is InChI=1S/C23H19N5O3/c1-14(29)31-13-25-22-18(12-24)19(15-8-10-17(30-2)11-9-15)20-21(27-28-23(20)26-22)16-6-4-3-5-7-16/h3-11,13,19H,1-2H3,(H2,26,27,28). The van der Waals surface area contributed by atoms with Gasteiger partial charge in [0.15, 0.2) is 12.2 Å². The fourth-order valence-corrected chi connectivity index (χ4v) is 3.51. The number of methoxy groups -OCH3 is 1. The zero-order valence-corrected chi connectivity index (χ0v) is 16.9. The Hall–Kier alpha value is -4.38. The highest BCUT2D eigenvalue weighted by Crippen LogP contribution is 2.45. The molecule has 8 nitrogen and oxygen atoms in total. The third-order valence-corrected chi connectivity index (χ3v) is 4.91. The third-order valence-electron chi connectivity index (χ3n) is 4.91. The van der Waals surface area contributed by atoms with Crippen molar-refractivity contribution in [2.45, 2.75) is 12.8 Å². The Kier molecular flexibility index (Phi) is 5.49. The number of rotatable bonds is 5. The number of carbonyl (C=O) groups excluding carboxylic acids is 1. The number of nitrogens with zero attached hydrogens (tertiary/aromatic N) is 3. The first-order valence-corrected chi connectivity index (χ1v) is 9.51. The van der Waals surface area contributed by atoms with Crippen LogP contribution in [0.15, 0.2) is 71.0 Å². The third kappa shape index (κ3) is 3.89. The lowest BCUT2D eigenvalue weighted by Gasteiger charge is -2.25. The van der Waals surface area contributed by atoms with Crippen molar-refractivity contribution in [1.82, 2.24) is 10.2 Å². The summed E-state index contributed by atoms with van der Waals surface area (Å²) in [6.45, 7) is 1.28. The van der Waals surface area contributed by atoms with Crippen molar-refractivity contribution in [2.75, 3.05) is 12.4 Å². The fourth-order valence-electron chi connectivity index (χ4n) is 3.51. The van der Waals surface area contributed by atoms with Crippen LogP contribution >= 0.6 is 0 Å². The number of fused-ring (bicyclic) bond motifs is 1. The summed E-state index contributed by atoms with van der Waals surface area (Å²) in [6.07, 6.45) is 1.02. The van der Waals surface area contributed by atoms with Gasteiger partial charge in [-0.05, 0) is 23.3 Å². The van der Waals surface area contributed by atoms with E-state index in [4.69, 9.17) is 9.47 Å². The van der Waals surface area contributed by atoms with Crippen molar-refractivity contribution < 1.29 is 14.3 Å². The van der Waals surface area contributed by atoms with Gasteiger partial charge >= 0.3 is 5.97 Å². The zero-order valence-electron chi connectivity index (χ0n) is 16.9. The summed E-state index contributed by atoms with van der Waals surface area (Å²) in [5.74, 6) is 0.587. The number of benzene rings is 2. The van der Waals surface area contributed by atoms with Crippen LogP contribution < -0.4 is 10.1 Å². The first-order chi connectivity index (χ1) is 15.1. The molecule has 0 spiro atoms. The molecule has 1 unspecified atom stereocenters. The van der Waals surface area contributed by atoms with Gasteiger partial charge in [-0.15, -0.1) is 0 Å². The summed E-state index contributed by atoms with van der Waals surface area (Å²) in [5, 5.41) is 20.6. The van der Waals surface area contributed by atoms with Crippen LogP contribution in [0.1, 0.15) is 24.0 Å². The van der Waals surface area contributed by atoms with Gasteiger partial charge in [0.25, 0.3) is 0 Å². The highest BCUT2D eigenvalue weighted by molar-refractivity contribution is 5.79. The monoisotopic (exact) mass is 413 g/mol. The number of carbonyl (C=O) groups is 1. The van der Waals surface area contributed by atoms with E-state index in [2.05, 4.69) is 26.6 Å². The highest BCUT2D eigenvalue weighted by atomic mass is 16.5. The molecule has 0 amide bonds. The number of hydrogen-bond acceptors (Lipinski definition) is 7. The van der Waals surface area contributed by atoms with Crippen LogP contribution in [0.5, 0.6) is 5.75 Å². The van der Waals surface area contributed by atoms with Gasteiger partial charge in [0.05, 0.1) is 30.4 Å². The van der Waals surface area contributed by atoms with E-state index in [1.807, 2.05) is 54.6 Å². The number of aromatic nitrogens is 2. The molecular weight excluding hydrogens is 394 g/mol. The van der Waals surface area contributed by atoms with Crippen LogP contribution in [-0.4, -0.2) is 29.7 Å². The maximum Gasteiger partial charge on any atom is 0.308 e. The number of nitriles is 1. The summed E-state index contributed by atoms with van der Waals surface area (Å²) in [7, 11) is 1.60. The molecule has 1 aliphatic heterocycles. The summed E-state index contributed by atoms with van der Waals surface area (Å²) in [4.78, 5) is 15.3. The maximum absolute atomic E-state index is 11.1. The molecule has 0 fully saturated rings. The highest BCUT2D eigenvalue weighted by Gasteiger charge is 2.34. The number of ether oxygens (including phenoxy) is 2. The molecule has 1 aromatic heterocycles. The molecule has 3 aromatic rings. The molecule has 1 aliphatic rings. The van der Waals surface area contributed by atoms with Gasteiger partial charge < -0.3 is 14.8 Å². The van der Waals surface area contributed by atoms with Crippen molar-refractivity contribution in [3.05, 3.63) is 77.1 Å². The molecule has 8 heteroatoms. The molecular formula is C23H19N5O3. The van der Waals surface area contributed by atoms with E-state index >= 15 is 0 Å². The second-order valence-electron chi connectivity index (χ2n) is 6.78. The number of anilines is 1. The van der Waals surface area contributed by atoms with E-state index in [1.165, 1.54) is 6.92 Å². The molecule has 1 atom stereocenters. The van der Waals surface area contributed by atoms with Crippen molar-refractivity contribution >= 4 is 18.2 Å². The number of allylic oxidation sites excluding steroid dienone is 1. The average molecular weight is 413 g/mol. The van der Waals surface area contributed by atoms with E-state index < -0.39 is 11.9 Å². The van der Waals surface area contributed by atoms with E-state index in [0.717, 1.165) is 28.8 Å². The smallest absolute Gasteiger partial charge is 0.308 e. The van der Waals surface area contributed by atoms with Gasteiger partial charge in [0, 0.05) is 12.5 Å². The molecule has 4 rings (SSSR count). The largest absolute Gasteiger partial charge is 0.497 e. The Morgan fingerprint density at radius 3 is 2.58 bits per heavy atom. The Bertz CT molecular complexity index is 1200. The lowest BCUT2D eigenvalue weighted by Crippen LogP contribution is -2.18. The van der Waals surface area contributed by atoms with Gasteiger partial charge in [-0.1, -0.05) is 42.5 Å². The topological polar surface area (TPSA) is 112 Å². The SMILES string of the molecule is COc1ccc(C2C(C#N)=C(N=COC(C)=O)Nc3n[nH]c(-c4ccccc4)c32)cc1. The predicted molar refractivity (Wildman–Crippen MR) is 115 cm³/mol. The van der Waals surface area contributed by atoms with E-state index in [9.17, 15) is 10.1 Å². The molecule has 2 N–H and O–H groups in total. The summed E-state index contributed by atoms with van der Waals surface area (Å²) >= 11 is 0. The minimum atomic E-state index is -0.503. The molecule has 0 bridgehead atoms. The van der Waals surface area contributed by atoms with Crippen LogP contribution in [0.3, 0.4) is 0 Å². The van der Waals surface area contributed by atoms with Crippen LogP contribution in [-0.2, 0) is 9.53 Å². The molecule has 0 aliphatic carbocycles. The average Bonchev–Trinajstić information content (AvgIpc) is 3.22. The summed E-state index contributed by atoms with van der Waals surface area (Å²) in [5.41, 5.74) is 3.83. The zero-order chi connectivity index (χ0) is 21.8. The number of aliphatic imine (C=N–C) groups is 1. The minimum Gasteiger partial charge on any atom is -0.497 e. The number of nitrogens with one attached hydrogen (secondary N) is 2. The number of H-pyrrole nitrogens is 1. The summed E-state index contributed by atoms with van der Waals surface area (Å²) < 4.78 is 10.1. The van der Waals surface area contributed by atoms with Crippen molar-refractivity contribution in [3.63, 3.8) is 0 Å². The van der Waals surface area contributed by atoms with Crippen molar-refractivity contribution in [3.8, 4) is 23.1 Å². The Morgan fingerprint density at radius 1 is 1.19 bits per heavy atom. The van der Waals surface area contributed by atoms with Crippen LogP contribution in [0, 0.1) is 11.3 Å². The fraction of sp³-hybridized carbons (Fsp3) is 0.130. The predicted octanol–water partition coefficient (Wildman–Crippen LogP) is 3.97.